The lowest BCUT2D eigenvalue weighted by Crippen LogP contribution is -1.88. The summed E-state index contributed by atoms with van der Waals surface area (Å²) in [6.07, 6.45) is 4.33. The maximum absolute atomic E-state index is 3.66. The molecule has 1 aromatic heterocycles. The molecule has 2 rings (SSSR count). The van der Waals surface area contributed by atoms with E-state index in [2.05, 4.69) is 16.5 Å². The maximum atomic E-state index is 3.66. The zero-order valence-electron chi connectivity index (χ0n) is 5.81. The molecule has 0 saturated heterocycles. The summed E-state index contributed by atoms with van der Waals surface area (Å²) >= 11 is 0. The summed E-state index contributed by atoms with van der Waals surface area (Å²) in [5, 5.41) is 7.24. The highest BCUT2D eigenvalue weighted by Gasteiger charge is 1.92. The molecule has 0 aliphatic rings. The first-order chi connectivity index (χ1) is 5.47. The molecular weight excluding hydrogens is 138 g/mol. The van der Waals surface area contributed by atoms with Gasteiger partial charge in [-0.2, -0.15) is 0 Å². The molecule has 3 heteroatoms. The van der Waals surface area contributed by atoms with Gasteiger partial charge in [0.05, 0.1) is 0 Å². The Hall–Kier alpha value is -1.64. The quantitative estimate of drug-likeness (QED) is 0.599. The minimum Gasteiger partial charge on any atom is -0.279 e. The van der Waals surface area contributed by atoms with Gasteiger partial charge in [0.2, 0.25) is 6.33 Å². The van der Waals surface area contributed by atoms with Crippen LogP contribution in [0.5, 0.6) is 0 Å². The molecule has 0 spiro atoms. The van der Waals surface area contributed by atoms with Crippen LogP contribution in [0, 0.1) is 6.33 Å². The van der Waals surface area contributed by atoms with E-state index in [1.54, 1.807) is 10.9 Å². The molecule has 0 amide bonds. The maximum Gasteiger partial charge on any atom is 0.206 e. The van der Waals surface area contributed by atoms with Gasteiger partial charge in [0.1, 0.15) is 6.33 Å². The van der Waals surface area contributed by atoms with Gasteiger partial charge < -0.3 is 0 Å². The Kier molecular flexibility index (Phi) is 1.41. The van der Waals surface area contributed by atoms with Gasteiger partial charge in [-0.1, -0.05) is 18.2 Å². The molecule has 0 saturated carbocycles. The van der Waals surface area contributed by atoms with Crippen molar-refractivity contribution in [2.45, 2.75) is 0 Å². The fourth-order valence-corrected chi connectivity index (χ4v) is 0.890. The van der Waals surface area contributed by atoms with Crippen molar-refractivity contribution in [2.75, 3.05) is 0 Å². The number of nitrogens with zero attached hydrogens (tertiary/aromatic N) is 3. The lowest BCUT2D eigenvalue weighted by Gasteiger charge is -1.96. The van der Waals surface area contributed by atoms with E-state index in [4.69, 9.17) is 0 Å². The van der Waals surface area contributed by atoms with Crippen LogP contribution in [0.2, 0.25) is 0 Å². The van der Waals surface area contributed by atoms with E-state index in [0.717, 1.165) is 5.69 Å². The van der Waals surface area contributed by atoms with Crippen molar-refractivity contribution in [3.8, 4) is 5.69 Å². The highest BCUT2D eigenvalue weighted by Crippen LogP contribution is 2.02. The smallest absolute Gasteiger partial charge is 0.206 e. The first kappa shape index (κ1) is 6.09. The summed E-state index contributed by atoms with van der Waals surface area (Å²) in [5.74, 6) is 0. The Morgan fingerprint density at radius 1 is 1.18 bits per heavy atom. The predicted molar refractivity (Wildman–Crippen MR) is 40.2 cm³/mol. The SMILES string of the molecule is [c]1nncn1-c1ccccc1. The fourth-order valence-electron chi connectivity index (χ4n) is 0.890. The molecule has 0 atom stereocenters. The molecule has 53 valence electrons. The van der Waals surface area contributed by atoms with Gasteiger partial charge in [0, 0.05) is 5.69 Å². The van der Waals surface area contributed by atoms with Gasteiger partial charge in [-0.15, -0.1) is 10.2 Å². The van der Waals surface area contributed by atoms with E-state index >= 15 is 0 Å². The second-order valence-electron chi connectivity index (χ2n) is 2.14. The number of aromatic nitrogens is 3. The number of rotatable bonds is 1. The molecule has 1 radical (unpaired) electrons. The van der Waals surface area contributed by atoms with E-state index < -0.39 is 0 Å². The van der Waals surface area contributed by atoms with Gasteiger partial charge in [-0.05, 0) is 12.1 Å². The molecule has 2 aromatic rings. The van der Waals surface area contributed by atoms with Crippen molar-refractivity contribution in [3.05, 3.63) is 43.0 Å². The van der Waals surface area contributed by atoms with Crippen molar-refractivity contribution in [3.63, 3.8) is 0 Å². The summed E-state index contributed by atoms with van der Waals surface area (Å²) in [4.78, 5) is 0. The summed E-state index contributed by atoms with van der Waals surface area (Å²) in [7, 11) is 0. The van der Waals surface area contributed by atoms with Crippen molar-refractivity contribution in [2.24, 2.45) is 0 Å². The largest absolute Gasteiger partial charge is 0.279 e. The van der Waals surface area contributed by atoms with Crippen LogP contribution in [0.25, 0.3) is 5.69 Å². The monoisotopic (exact) mass is 144 g/mol. The Balaban J connectivity index is 2.46. The van der Waals surface area contributed by atoms with Crippen LogP contribution >= 0.6 is 0 Å². The van der Waals surface area contributed by atoms with E-state index in [-0.39, 0.29) is 0 Å². The van der Waals surface area contributed by atoms with Crippen LogP contribution < -0.4 is 0 Å². The Labute approximate surface area is 64.3 Å². The number of hydrogen-bond acceptors (Lipinski definition) is 2. The number of hydrogen-bond donors (Lipinski definition) is 0. The van der Waals surface area contributed by atoms with Gasteiger partial charge in [-0.3, -0.25) is 4.57 Å². The van der Waals surface area contributed by atoms with Crippen LogP contribution in [0.3, 0.4) is 0 Å². The second-order valence-corrected chi connectivity index (χ2v) is 2.14. The molecule has 0 bridgehead atoms. The lowest BCUT2D eigenvalue weighted by molar-refractivity contribution is 1.04. The third-order valence-corrected chi connectivity index (χ3v) is 1.41. The van der Waals surface area contributed by atoms with E-state index in [1.807, 2.05) is 30.3 Å². The van der Waals surface area contributed by atoms with Crippen molar-refractivity contribution >= 4 is 0 Å². The highest BCUT2D eigenvalue weighted by atomic mass is 15.2. The molecule has 1 aromatic carbocycles. The minimum absolute atomic E-state index is 1.03. The molecule has 1 heterocycles. The van der Waals surface area contributed by atoms with Crippen LogP contribution in [0.15, 0.2) is 36.7 Å². The Bertz CT molecular complexity index is 312. The van der Waals surface area contributed by atoms with E-state index in [1.165, 1.54) is 0 Å². The van der Waals surface area contributed by atoms with Gasteiger partial charge >= 0.3 is 0 Å². The predicted octanol–water partition coefficient (Wildman–Crippen LogP) is 1.07. The molecule has 0 N–H and O–H groups in total. The average Bonchev–Trinajstić information content (AvgIpc) is 2.58. The minimum atomic E-state index is 1.03. The third kappa shape index (κ3) is 1.12. The lowest BCUT2D eigenvalue weighted by atomic mass is 10.3. The Morgan fingerprint density at radius 2 is 2.00 bits per heavy atom. The Morgan fingerprint density at radius 3 is 2.64 bits per heavy atom. The molecule has 11 heavy (non-hydrogen) atoms. The summed E-state index contributed by atoms with van der Waals surface area (Å²) in [6, 6.07) is 9.83. The molecule has 3 nitrogen and oxygen atoms in total. The topological polar surface area (TPSA) is 30.7 Å². The zero-order chi connectivity index (χ0) is 7.52. The molecule has 0 unspecified atom stereocenters. The van der Waals surface area contributed by atoms with Crippen LogP contribution in [0.1, 0.15) is 0 Å². The summed E-state index contributed by atoms with van der Waals surface area (Å²) < 4.78 is 1.74. The summed E-state index contributed by atoms with van der Waals surface area (Å²) in [5.41, 5.74) is 1.03. The number of benzene rings is 1. The molecule has 0 aliphatic heterocycles. The normalized spacial score (nSPS) is 9.82. The zero-order valence-corrected chi connectivity index (χ0v) is 5.81. The first-order valence-electron chi connectivity index (χ1n) is 3.30. The van der Waals surface area contributed by atoms with Crippen LogP contribution in [0.4, 0.5) is 0 Å². The van der Waals surface area contributed by atoms with Crippen LogP contribution in [-0.4, -0.2) is 14.8 Å². The van der Waals surface area contributed by atoms with Gasteiger partial charge in [-0.25, -0.2) is 0 Å². The van der Waals surface area contributed by atoms with Crippen molar-refractivity contribution in [1.29, 1.82) is 0 Å². The standard InChI is InChI=1S/C8H6N3/c1-2-4-8(5-3-1)11-6-9-10-7-11/h1-6H. The molecular formula is C8H6N3. The fraction of sp³-hybridized carbons (Fsp3) is 0. The van der Waals surface area contributed by atoms with E-state index in [9.17, 15) is 0 Å². The van der Waals surface area contributed by atoms with Crippen molar-refractivity contribution < 1.29 is 0 Å². The number of para-hydroxylation sites is 1. The first-order valence-corrected chi connectivity index (χ1v) is 3.30. The second kappa shape index (κ2) is 2.54. The summed E-state index contributed by atoms with van der Waals surface area (Å²) in [6.45, 7) is 0. The van der Waals surface area contributed by atoms with Crippen molar-refractivity contribution in [1.82, 2.24) is 14.8 Å². The van der Waals surface area contributed by atoms with Crippen LogP contribution in [-0.2, 0) is 0 Å². The van der Waals surface area contributed by atoms with Gasteiger partial charge in [0.25, 0.3) is 0 Å². The molecule has 0 aliphatic carbocycles. The average molecular weight is 144 g/mol. The molecule has 0 fully saturated rings. The van der Waals surface area contributed by atoms with Gasteiger partial charge in [0.15, 0.2) is 0 Å². The van der Waals surface area contributed by atoms with E-state index in [0.29, 0.717) is 0 Å². The third-order valence-electron chi connectivity index (χ3n) is 1.41. The highest BCUT2D eigenvalue weighted by molar-refractivity contribution is 5.29.